The quantitative estimate of drug-likeness (QED) is 0.543. The van der Waals surface area contributed by atoms with Gasteiger partial charge < -0.3 is 14.8 Å². The number of para-hydroxylation sites is 1. The van der Waals surface area contributed by atoms with E-state index in [-0.39, 0.29) is 25.5 Å². The molecule has 2 aromatic rings. The number of hydrogen-bond acceptors (Lipinski definition) is 5. The molecule has 9 heteroatoms. The van der Waals surface area contributed by atoms with Crippen molar-refractivity contribution in [2.24, 2.45) is 0 Å². The molecule has 0 atom stereocenters. The van der Waals surface area contributed by atoms with Gasteiger partial charge in [-0.2, -0.15) is 0 Å². The number of rotatable bonds is 11. The van der Waals surface area contributed by atoms with Crippen molar-refractivity contribution in [1.82, 2.24) is 5.32 Å². The van der Waals surface area contributed by atoms with Gasteiger partial charge >= 0.3 is 0 Å². The number of hydrogen-bond donors (Lipinski definition) is 1. The Balaban J connectivity index is 1.76. The lowest BCUT2D eigenvalue weighted by Gasteiger charge is -2.22. The second kappa shape index (κ2) is 10.9. The summed E-state index contributed by atoms with van der Waals surface area (Å²) in [5.74, 6) is 1.03. The van der Waals surface area contributed by atoms with Gasteiger partial charge in [-0.1, -0.05) is 23.7 Å². The van der Waals surface area contributed by atoms with E-state index in [9.17, 15) is 13.2 Å². The zero-order chi connectivity index (χ0) is 21.3. The first-order valence-corrected chi connectivity index (χ1v) is 11.3. The summed E-state index contributed by atoms with van der Waals surface area (Å²) in [5.41, 5.74) is 0.529. The van der Waals surface area contributed by atoms with Crippen molar-refractivity contribution >= 4 is 33.2 Å². The number of carbonyl (C=O) groups is 1. The van der Waals surface area contributed by atoms with Gasteiger partial charge in [0.05, 0.1) is 30.6 Å². The van der Waals surface area contributed by atoms with E-state index in [1.54, 1.807) is 43.5 Å². The van der Waals surface area contributed by atoms with Crippen LogP contribution in [0.1, 0.15) is 12.8 Å². The molecule has 0 spiro atoms. The fourth-order valence-electron chi connectivity index (χ4n) is 2.62. The Bertz CT molecular complexity index is 903. The molecular weight excluding hydrogens is 416 g/mol. The number of carbonyl (C=O) groups excluding carboxylic acids is 1. The minimum absolute atomic E-state index is 0.170. The Morgan fingerprint density at radius 3 is 2.45 bits per heavy atom. The third-order valence-corrected chi connectivity index (χ3v) is 5.55. The molecule has 2 aromatic carbocycles. The number of ether oxygens (including phenoxy) is 2. The Morgan fingerprint density at radius 2 is 1.83 bits per heavy atom. The number of sulfonamides is 1. The zero-order valence-corrected chi connectivity index (χ0v) is 18.0. The normalized spacial score (nSPS) is 11.0. The average molecular weight is 441 g/mol. The number of amides is 1. The first kappa shape index (κ1) is 22.8. The van der Waals surface area contributed by atoms with Crippen LogP contribution in [0.25, 0.3) is 0 Å². The highest BCUT2D eigenvalue weighted by Gasteiger charge is 2.17. The average Bonchev–Trinajstić information content (AvgIpc) is 2.69. The second-order valence-electron chi connectivity index (χ2n) is 6.27. The van der Waals surface area contributed by atoms with Crippen LogP contribution in [0.3, 0.4) is 0 Å². The Hall–Kier alpha value is -2.45. The lowest BCUT2D eigenvalue weighted by Crippen LogP contribution is -2.32. The van der Waals surface area contributed by atoms with Crippen LogP contribution in [-0.2, 0) is 14.8 Å². The van der Waals surface area contributed by atoms with Gasteiger partial charge in [-0.05, 0) is 42.8 Å². The van der Waals surface area contributed by atoms with Gasteiger partial charge in [-0.3, -0.25) is 9.10 Å². The molecular formula is C20H25ClN2O5S. The summed E-state index contributed by atoms with van der Waals surface area (Å²) in [7, 11) is -1.92. The number of nitrogens with zero attached hydrogens (tertiary/aromatic N) is 1. The lowest BCUT2D eigenvalue weighted by atomic mass is 10.2. The predicted molar refractivity (Wildman–Crippen MR) is 114 cm³/mol. The molecule has 2 rings (SSSR count). The molecule has 158 valence electrons. The first-order chi connectivity index (χ1) is 13.8. The van der Waals surface area contributed by atoms with Crippen LogP contribution >= 0.6 is 11.6 Å². The van der Waals surface area contributed by atoms with Crippen LogP contribution in [0.4, 0.5) is 5.69 Å². The van der Waals surface area contributed by atoms with Gasteiger partial charge in [0, 0.05) is 13.0 Å². The summed E-state index contributed by atoms with van der Waals surface area (Å²) in [6, 6.07) is 13.8. The first-order valence-electron chi connectivity index (χ1n) is 9.07. The van der Waals surface area contributed by atoms with Crippen molar-refractivity contribution in [3.63, 3.8) is 0 Å². The summed E-state index contributed by atoms with van der Waals surface area (Å²) in [6.45, 7) is 0.823. The van der Waals surface area contributed by atoms with E-state index in [4.69, 9.17) is 21.1 Å². The molecule has 0 aliphatic heterocycles. The molecule has 0 aliphatic carbocycles. The fourth-order valence-corrected chi connectivity index (χ4v) is 3.78. The molecule has 0 aromatic heterocycles. The SMILES string of the molecule is COc1ccc(N(CCCC(=O)NCCOc2ccccc2Cl)S(C)(=O)=O)cc1. The molecule has 0 saturated carbocycles. The number of nitrogens with one attached hydrogen (secondary N) is 1. The Labute approximate surface area is 176 Å². The molecule has 7 nitrogen and oxygen atoms in total. The summed E-state index contributed by atoms with van der Waals surface area (Å²) < 4.78 is 36.1. The predicted octanol–water partition coefficient (Wildman–Crippen LogP) is 3.09. The van der Waals surface area contributed by atoms with Crippen molar-refractivity contribution in [1.29, 1.82) is 0 Å². The number of anilines is 1. The molecule has 0 heterocycles. The molecule has 0 saturated heterocycles. The zero-order valence-electron chi connectivity index (χ0n) is 16.4. The maximum Gasteiger partial charge on any atom is 0.232 e. The highest BCUT2D eigenvalue weighted by atomic mass is 35.5. The maximum atomic E-state index is 12.1. The summed E-state index contributed by atoms with van der Waals surface area (Å²) >= 11 is 6.00. The molecule has 0 aliphatic rings. The van der Waals surface area contributed by atoms with Gasteiger partial charge in [-0.25, -0.2) is 8.42 Å². The summed E-state index contributed by atoms with van der Waals surface area (Å²) in [4.78, 5) is 12.0. The van der Waals surface area contributed by atoms with E-state index < -0.39 is 10.0 Å². The van der Waals surface area contributed by atoms with E-state index in [2.05, 4.69) is 5.32 Å². The van der Waals surface area contributed by atoms with E-state index >= 15 is 0 Å². The maximum absolute atomic E-state index is 12.1. The summed E-state index contributed by atoms with van der Waals surface area (Å²) in [6.07, 6.45) is 1.73. The highest BCUT2D eigenvalue weighted by Crippen LogP contribution is 2.23. The Kier molecular flexibility index (Phi) is 8.60. The molecule has 1 amide bonds. The van der Waals surface area contributed by atoms with Crippen molar-refractivity contribution < 1.29 is 22.7 Å². The van der Waals surface area contributed by atoms with Gasteiger partial charge in [0.1, 0.15) is 18.1 Å². The van der Waals surface area contributed by atoms with Gasteiger partial charge in [-0.15, -0.1) is 0 Å². The summed E-state index contributed by atoms with van der Waals surface area (Å²) in [5, 5.41) is 3.26. The minimum atomic E-state index is -3.46. The van der Waals surface area contributed by atoms with Crippen LogP contribution in [0, 0.1) is 0 Å². The fraction of sp³-hybridized carbons (Fsp3) is 0.350. The third kappa shape index (κ3) is 7.47. The molecule has 0 unspecified atom stereocenters. The monoisotopic (exact) mass is 440 g/mol. The highest BCUT2D eigenvalue weighted by molar-refractivity contribution is 7.92. The van der Waals surface area contributed by atoms with Crippen molar-refractivity contribution in [3.8, 4) is 11.5 Å². The van der Waals surface area contributed by atoms with Crippen LogP contribution in [-0.4, -0.2) is 47.4 Å². The van der Waals surface area contributed by atoms with Crippen LogP contribution in [0.5, 0.6) is 11.5 Å². The van der Waals surface area contributed by atoms with Gasteiger partial charge in [0.2, 0.25) is 15.9 Å². The van der Waals surface area contributed by atoms with Crippen LogP contribution in [0.2, 0.25) is 5.02 Å². The minimum Gasteiger partial charge on any atom is -0.497 e. The molecule has 0 radical (unpaired) electrons. The molecule has 0 fully saturated rings. The van der Waals surface area contributed by atoms with E-state index in [1.807, 2.05) is 12.1 Å². The van der Waals surface area contributed by atoms with E-state index in [1.165, 1.54) is 4.31 Å². The molecule has 29 heavy (non-hydrogen) atoms. The van der Waals surface area contributed by atoms with Crippen LogP contribution < -0.4 is 19.1 Å². The number of halogens is 1. The van der Waals surface area contributed by atoms with Crippen LogP contribution in [0.15, 0.2) is 48.5 Å². The smallest absolute Gasteiger partial charge is 0.232 e. The number of benzene rings is 2. The van der Waals surface area contributed by atoms with E-state index in [0.717, 1.165) is 6.26 Å². The largest absolute Gasteiger partial charge is 0.497 e. The van der Waals surface area contributed by atoms with Crippen molar-refractivity contribution in [3.05, 3.63) is 53.6 Å². The molecule has 1 N–H and O–H groups in total. The third-order valence-electron chi connectivity index (χ3n) is 4.04. The standard InChI is InChI=1S/C20H25ClN2O5S/c1-27-17-11-9-16(10-12-17)23(29(2,25)26)14-5-8-20(24)22-13-15-28-19-7-4-3-6-18(19)21/h3-4,6-7,9-12H,5,8,13-15H2,1-2H3,(H,22,24). The van der Waals surface area contributed by atoms with Crippen molar-refractivity contribution in [2.75, 3.05) is 37.4 Å². The molecule has 0 bridgehead atoms. The lowest BCUT2D eigenvalue weighted by molar-refractivity contribution is -0.121. The second-order valence-corrected chi connectivity index (χ2v) is 8.58. The topological polar surface area (TPSA) is 84.9 Å². The number of methoxy groups -OCH3 is 1. The van der Waals surface area contributed by atoms with Gasteiger partial charge in [0.25, 0.3) is 0 Å². The van der Waals surface area contributed by atoms with Gasteiger partial charge in [0.15, 0.2) is 0 Å². The van der Waals surface area contributed by atoms with Crippen molar-refractivity contribution in [2.45, 2.75) is 12.8 Å². The Morgan fingerprint density at radius 1 is 1.14 bits per heavy atom. The van der Waals surface area contributed by atoms with E-state index in [0.29, 0.717) is 35.2 Å².